The molecule has 1 aliphatic rings. The van der Waals surface area contributed by atoms with Crippen LogP contribution in [-0.4, -0.2) is 56.8 Å². The van der Waals surface area contributed by atoms with Crippen LogP contribution in [0.15, 0.2) is 42.7 Å². The molecule has 3 aromatic rings. The Kier molecular flexibility index (Phi) is 4.17. The monoisotopic (exact) mass is 338 g/mol. The summed E-state index contributed by atoms with van der Waals surface area (Å²) in [6.45, 7) is 2.04. The maximum Gasteiger partial charge on any atom is 0.254 e. The van der Waals surface area contributed by atoms with Crippen molar-refractivity contribution in [2.45, 2.75) is 6.61 Å². The number of hydrogen-bond acceptors (Lipinski definition) is 5. The molecule has 1 aliphatic heterocycles. The summed E-state index contributed by atoms with van der Waals surface area (Å²) in [5.74, 6) is -0.0723. The number of aromatic nitrogens is 3. The van der Waals surface area contributed by atoms with Gasteiger partial charge in [0.15, 0.2) is 5.65 Å². The molecule has 0 radical (unpaired) electrons. The Morgan fingerprint density at radius 1 is 1.20 bits per heavy atom. The average Bonchev–Trinajstić information content (AvgIpc) is 3.15. The van der Waals surface area contributed by atoms with Crippen LogP contribution in [0.4, 0.5) is 0 Å². The van der Waals surface area contributed by atoms with Crippen LogP contribution in [0.25, 0.3) is 16.9 Å². The molecule has 128 valence electrons. The summed E-state index contributed by atoms with van der Waals surface area (Å²) in [7, 11) is 0. The first-order valence-electron chi connectivity index (χ1n) is 8.18. The standard InChI is InChI=1S/C18H18N4O3/c23-12-14-11-13(16-3-4-17-19-5-6-22(17)20-16)1-2-15(14)18(24)21-7-9-25-10-8-21/h1-6,11,23H,7-10,12H2. The largest absolute Gasteiger partial charge is 0.392 e. The highest BCUT2D eigenvalue weighted by molar-refractivity contribution is 5.96. The van der Waals surface area contributed by atoms with Gasteiger partial charge in [-0.3, -0.25) is 4.79 Å². The fourth-order valence-corrected chi connectivity index (χ4v) is 3.00. The van der Waals surface area contributed by atoms with Crippen molar-refractivity contribution in [3.05, 3.63) is 53.9 Å². The van der Waals surface area contributed by atoms with E-state index in [1.54, 1.807) is 27.9 Å². The Morgan fingerprint density at radius 3 is 2.84 bits per heavy atom. The molecule has 4 rings (SSSR count). The van der Waals surface area contributed by atoms with Gasteiger partial charge in [-0.1, -0.05) is 6.07 Å². The highest BCUT2D eigenvalue weighted by Gasteiger charge is 2.21. The van der Waals surface area contributed by atoms with E-state index in [0.29, 0.717) is 37.4 Å². The van der Waals surface area contributed by atoms with Crippen molar-refractivity contribution >= 4 is 11.6 Å². The van der Waals surface area contributed by atoms with Crippen LogP contribution in [0, 0.1) is 0 Å². The van der Waals surface area contributed by atoms with Gasteiger partial charge in [0.1, 0.15) is 0 Å². The second kappa shape index (κ2) is 6.62. The molecule has 25 heavy (non-hydrogen) atoms. The van der Waals surface area contributed by atoms with Crippen molar-refractivity contribution in [1.82, 2.24) is 19.5 Å². The van der Waals surface area contributed by atoms with Crippen molar-refractivity contribution in [2.75, 3.05) is 26.3 Å². The SMILES string of the molecule is O=C(c1ccc(-c2ccc3nccn3n2)cc1CO)N1CCOCC1. The van der Waals surface area contributed by atoms with Gasteiger partial charge in [0, 0.05) is 36.6 Å². The third-order valence-electron chi connectivity index (χ3n) is 4.36. The normalized spacial score (nSPS) is 14.8. The molecule has 0 spiro atoms. The lowest BCUT2D eigenvalue weighted by Crippen LogP contribution is -2.41. The lowest BCUT2D eigenvalue weighted by molar-refractivity contribution is 0.0301. The molecule has 0 atom stereocenters. The highest BCUT2D eigenvalue weighted by Crippen LogP contribution is 2.23. The topological polar surface area (TPSA) is 80.0 Å². The summed E-state index contributed by atoms with van der Waals surface area (Å²) in [6.07, 6.45) is 3.47. The van der Waals surface area contributed by atoms with Crippen molar-refractivity contribution in [3.63, 3.8) is 0 Å². The Bertz CT molecular complexity index is 916. The number of benzene rings is 1. The van der Waals surface area contributed by atoms with E-state index in [1.165, 1.54) is 0 Å². The van der Waals surface area contributed by atoms with Gasteiger partial charge in [0.05, 0.1) is 25.5 Å². The Labute approximate surface area is 144 Å². The zero-order valence-electron chi connectivity index (χ0n) is 13.6. The number of imidazole rings is 1. The van der Waals surface area contributed by atoms with Gasteiger partial charge in [-0.25, -0.2) is 9.50 Å². The quantitative estimate of drug-likeness (QED) is 0.780. The van der Waals surface area contributed by atoms with E-state index >= 15 is 0 Å². The van der Waals surface area contributed by atoms with Crippen LogP contribution < -0.4 is 0 Å². The number of carbonyl (C=O) groups is 1. The van der Waals surface area contributed by atoms with Gasteiger partial charge in [0.2, 0.25) is 0 Å². The number of hydrogen-bond donors (Lipinski definition) is 1. The van der Waals surface area contributed by atoms with E-state index in [1.807, 2.05) is 24.3 Å². The lowest BCUT2D eigenvalue weighted by Gasteiger charge is -2.27. The summed E-state index contributed by atoms with van der Waals surface area (Å²) in [4.78, 5) is 18.6. The summed E-state index contributed by atoms with van der Waals surface area (Å²) in [5.41, 5.74) is 3.49. The first-order valence-corrected chi connectivity index (χ1v) is 8.18. The highest BCUT2D eigenvalue weighted by atomic mass is 16.5. The van der Waals surface area contributed by atoms with Crippen LogP contribution in [0.5, 0.6) is 0 Å². The predicted octanol–water partition coefficient (Wildman–Crippen LogP) is 1.36. The van der Waals surface area contributed by atoms with Gasteiger partial charge < -0.3 is 14.7 Å². The maximum atomic E-state index is 12.7. The molecule has 0 unspecified atom stereocenters. The van der Waals surface area contributed by atoms with E-state index in [4.69, 9.17) is 4.74 Å². The Morgan fingerprint density at radius 2 is 2.04 bits per heavy atom. The minimum atomic E-state index is -0.202. The number of carbonyl (C=O) groups excluding carboxylic acids is 1. The Balaban J connectivity index is 1.68. The van der Waals surface area contributed by atoms with Crippen molar-refractivity contribution in [3.8, 4) is 11.3 Å². The second-order valence-corrected chi connectivity index (χ2v) is 5.88. The van der Waals surface area contributed by atoms with E-state index in [9.17, 15) is 9.90 Å². The second-order valence-electron chi connectivity index (χ2n) is 5.88. The molecular weight excluding hydrogens is 320 g/mol. The molecule has 7 nitrogen and oxygen atoms in total. The zero-order valence-corrected chi connectivity index (χ0v) is 13.6. The first kappa shape index (κ1) is 15.7. The van der Waals surface area contributed by atoms with Crippen LogP contribution in [0.2, 0.25) is 0 Å². The summed E-state index contributed by atoms with van der Waals surface area (Å²) >= 11 is 0. The molecule has 2 aromatic heterocycles. The number of aliphatic hydroxyl groups is 1. The maximum absolute atomic E-state index is 12.7. The van der Waals surface area contributed by atoms with Gasteiger partial charge in [0.25, 0.3) is 5.91 Å². The van der Waals surface area contributed by atoms with E-state index in [-0.39, 0.29) is 12.5 Å². The number of nitrogens with zero attached hydrogens (tertiary/aromatic N) is 4. The smallest absolute Gasteiger partial charge is 0.254 e. The zero-order chi connectivity index (χ0) is 17.2. The Hall–Kier alpha value is -2.77. The molecule has 1 aromatic carbocycles. The van der Waals surface area contributed by atoms with Crippen LogP contribution in [-0.2, 0) is 11.3 Å². The molecule has 1 amide bonds. The predicted molar refractivity (Wildman–Crippen MR) is 91.1 cm³/mol. The van der Waals surface area contributed by atoms with E-state index in [2.05, 4.69) is 10.1 Å². The summed E-state index contributed by atoms with van der Waals surface area (Å²) in [5, 5.41) is 14.3. The van der Waals surface area contributed by atoms with Crippen LogP contribution in [0.1, 0.15) is 15.9 Å². The third-order valence-corrected chi connectivity index (χ3v) is 4.36. The number of amides is 1. The summed E-state index contributed by atoms with van der Waals surface area (Å²) < 4.78 is 6.98. The fraction of sp³-hybridized carbons (Fsp3) is 0.278. The number of morpholine rings is 1. The van der Waals surface area contributed by atoms with Crippen LogP contribution in [0.3, 0.4) is 0 Å². The minimum Gasteiger partial charge on any atom is -0.392 e. The number of rotatable bonds is 3. The van der Waals surface area contributed by atoms with Gasteiger partial charge >= 0.3 is 0 Å². The van der Waals surface area contributed by atoms with Gasteiger partial charge in [-0.15, -0.1) is 0 Å². The van der Waals surface area contributed by atoms with Crippen molar-refractivity contribution in [2.24, 2.45) is 0 Å². The lowest BCUT2D eigenvalue weighted by atomic mass is 10.0. The van der Waals surface area contributed by atoms with Crippen molar-refractivity contribution < 1.29 is 14.6 Å². The molecule has 0 bridgehead atoms. The summed E-state index contributed by atoms with van der Waals surface area (Å²) in [6, 6.07) is 9.20. The molecule has 0 saturated carbocycles. The van der Waals surface area contributed by atoms with Crippen molar-refractivity contribution in [1.29, 1.82) is 0 Å². The van der Waals surface area contributed by atoms with Gasteiger partial charge in [-0.2, -0.15) is 5.10 Å². The molecule has 3 heterocycles. The molecule has 1 fully saturated rings. The molecular formula is C18H18N4O3. The number of fused-ring (bicyclic) bond motifs is 1. The van der Waals surface area contributed by atoms with Gasteiger partial charge in [-0.05, 0) is 29.8 Å². The molecule has 1 N–H and O–H groups in total. The molecule has 7 heteroatoms. The minimum absolute atomic E-state index is 0.0723. The average molecular weight is 338 g/mol. The molecule has 1 saturated heterocycles. The fourth-order valence-electron chi connectivity index (χ4n) is 3.00. The number of aliphatic hydroxyl groups excluding tert-OH is 1. The third kappa shape index (κ3) is 2.99. The number of ether oxygens (including phenoxy) is 1. The van der Waals surface area contributed by atoms with E-state index < -0.39 is 0 Å². The van der Waals surface area contributed by atoms with Crippen LogP contribution >= 0.6 is 0 Å². The molecule has 0 aliphatic carbocycles. The first-order chi connectivity index (χ1) is 12.3. The van der Waals surface area contributed by atoms with E-state index in [0.717, 1.165) is 16.9 Å².